The van der Waals surface area contributed by atoms with Gasteiger partial charge in [0, 0.05) is 12.0 Å². The Hall–Kier alpha value is -3.63. The zero-order valence-corrected chi connectivity index (χ0v) is 17.1. The normalized spacial score (nSPS) is 10.5. The van der Waals surface area contributed by atoms with Crippen molar-refractivity contribution in [3.05, 3.63) is 81.1 Å². The van der Waals surface area contributed by atoms with Crippen LogP contribution in [0.5, 0.6) is 0 Å². The predicted octanol–water partition coefficient (Wildman–Crippen LogP) is 4.17. The third-order valence-electron chi connectivity index (χ3n) is 4.55. The van der Waals surface area contributed by atoms with E-state index in [4.69, 9.17) is 26.7 Å². The highest BCUT2D eigenvalue weighted by atomic mass is 35.5. The van der Waals surface area contributed by atoms with Gasteiger partial charge in [0.05, 0.1) is 34.1 Å². The number of benzene rings is 2. The van der Waals surface area contributed by atoms with Gasteiger partial charge in [-0.25, -0.2) is 14.3 Å². The topological polar surface area (TPSA) is 105 Å². The number of rotatable bonds is 6. The molecule has 0 saturated heterocycles. The van der Waals surface area contributed by atoms with Gasteiger partial charge in [0.1, 0.15) is 6.07 Å². The summed E-state index contributed by atoms with van der Waals surface area (Å²) in [5.41, 5.74) is 3.41. The van der Waals surface area contributed by atoms with Gasteiger partial charge >= 0.3 is 11.9 Å². The van der Waals surface area contributed by atoms with Gasteiger partial charge in [0.15, 0.2) is 5.69 Å². The van der Waals surface area contributed by atoms with E-state index in [1.807, 2.05) is 6.07 Å². The predicted molar refractivity (Wildman–Crippen MR) is 110 cm³/mol. The van der Waals surface area contributed by atoms with E-state index in [-0.39, 0.29) is 22.9 Å². The number of carboxylic acid groups (broad SMARTS) is 1. The first kappa shape index (κ1) is 21.1. The van der Waals surface area contributed by atoms with E-state index in [1.165, 1.54) is 16.8 Å². The van der Waals surface area contributed by atoms with Crippen molar-refractivity contribution in [1.82, 2.24) is 9.78 Å². The Morgan fingerprint density at radius 2 is 1.93 bits per heavy atom. The van der Waals surface area contributed by atoms with Gasteiger partial charge in [-0.15, -0.1) is 0 Å². The molecule has 0 aliphatic rings. The van der Waals surface area contributed by atoms with Crippen molar-refractivity contribution in [2.75, 3.05) is 6.61 Å². The lowest BCUT2D eigenvalue weighted by Crippen LogP contribution is -2.14. The van der Waals surface area contributed by atoms with Crippen LogP contribution in [0.15, 0.2) is 42.5 Å². The second-order valence-electron chi connectivity index (χ2n) is 6.50. The number of ether oxygens (including phenoxy) is 1. The molecule has 3 rings (SSSR count). The highest BCUT2D eigenvalue weighted by Crippen LogP contribution is 2.26. The summed E-state index contributed by atoms with van der Waals surface area (Å²) in [6, 6.07) is 13.2. The zero-order chi connectivity index (χ0) is 21.8. The third-order valence-corrected chi connectivity index (χ3v) is 4.87. The lowest BCUT2D eigenvalue weighted by molar-refractivity contribution is 0.0514. The molecular weight excluding hydrogens is 406 g/mol. The minimum atomic E-state index is -1.00. The van der Waals surface area contributed by atoms with Crippen LogP contribution < -0.4 is 0 Å². The van der Waals surface area contributed by atoms with Gasteiger partial charge in [0.25, 0.3) is 0 Å². The van der Waals surface area contributed by atoms with Crippen LogP contribution in [0.3, 0.4) is 0 Å². The highest BCUT2D eigenvalue weighted by molar-refractivity contribution is 6.31. The number of carboxylic acids is 1. The van der Waals surface area contributed by atoms with Crippen molar-refractivity contribution < 1.29 is 19.4 Å². The summed E-state index contributed by atoms with van der Waals surface area (Å²) in [6.45, 7) is 3.70. The smallest absolute Gasteiger partial charge is 0.357 e. The molecule has 8 heteroatoms. The summed E-state index contributed by atoms with van der Waals surface area (Å²) in [4.78, 5) is 23.8. The summed E-state index contributed by atoms with van der Waals surface area (Å²) in [5, 5.41) is 22.9. The zero-order valence-electron chi connectivity index (χ0n) is 16.3. The van der Waals surface area contributed by atoms with Gasteiger partial charge in [-0.3, -0.25) is 0 Å². The highest BCUT2D eigenvalue weighted by Gasteiger charge is 2.24. The van der Waals surface area contributed by atoms with Crippen molar-refractivity contribution in [2.45, 2.75) is 20.3 Å². The molecule has 152 valence electrons. The Kier molecular flexibility index (Phi) is 6.19. The summed E-state index contributed by atoms with van der Waals surface area (Å²) in [7, 11) is 0. The maximum atomic E-state index is 12.8. The molecule has 30 heavy (non-hydrogen) atoms. The van der Waals surface area contributed by atoms with Gasteiger partial charge in [-0.05, 0) is 49.7 Å². The molecule has 0 amide bonds. The van der Waals surface area contributed by atoms with Crippen LogP contribution in [0.25, 0.3) is 5.69 Å². The first-order valence-corrected chi connectivity index (χ1v) is 9.51. The Balaban J connectivity index is 2.09. The molecule has 3 aromatic rings. The first-order valence-electron chi connectivity index (χ1n) is 9.13. The monoisotopic (exact) mass is 423 g/mol. The molecule has 0 radical (unpaired) electrons. The number of aromatic nitrogens is 2. The van der Waals surface area contributed by atoms with Crippen LogP contribution in [-0.2, 0) is 11.2 Å². The van der Waals surface area contributed by atoms with E-state index in [9.17, 15) is 9.59 Å². The van der Waals surface area contributed by atoms with Crippen LogP contribution in [0.1, 0.15) is 50.2 Å². The SMILES string of the molecule is CCOC(=O)c1c(Cc2ccc(C(=O)O)cc2)c(C)nn1-c1ccc(C#N)c(Cl)c1. The van der Waals surface area contributed by atoms with Gasteiger partial charge in [0.2, 0.25) is 0 Å². The Bertz CT molecular complexity index is 1160. The fraction of sp³-hybridized carbons (Fsp3) is 0.182. The van der Waals surface area contributed by atoms with E-state index >= 15 is 0 Å². The van der Waals surface area contributed by atoms with Crippen LogP contribution in [-0.4, -0.2) is 33.4 Å². The third kappa shape index (κ3) is 4.19. The fourth-order valence-electron chi connectivity index (χ4n) is 3.06. The molecule has 1 heterocycles. The quantitative estimate of drug-likeness (QED) is 0.596. The Morgan fingerprint density at radius 3 is 2.50 bits per heavy atom. The second-order valence-corrected chi connectivity index (χ2v) is 6.91. The number of esters is 1. The summed E-state index contributed by atoms with van der Waals surface area (Å²) < 4.78 is 6.70. The van der Waals surface area contributed by atoms with Crippen molar-refractivity contribution in [2.24, 2.45) is 0 Å². The number of halogens is 1. The van der Waals surface area contributed by atoms with Crippen LogP contribution in [0, 0.1) is 18.3 Å². The number of aryl methyl sites for hydroxylation is 1. The molecule has 0 atom stereocenters. The van der Waals surface area contributed by atoms with Crippen molar-refractivity contribution in [1.29, 1.82) is 5.26 Å². The number of nitriles is 1. The van der Waals surface area contributed by atoms with Gasteiger partial charge < -0.3 is 9.84 Å². The number of carbonyl (C=O) groups is 2. The van der Waals surface area contributed by atoms with E-state index in [2.05, 4.69) is 5.10 Å². The minimum Gasteiger partial charge on any atom is -0.478 e. The van der Waals surface area contributed by atoms with Crippen molar-refractivity contribution >= 4 is 23.5 Å². The molecule has 0 spiro atoms. The first-order chi connectivity index (χ1) is 14.3. The van der Waals surface area contributed by atoms with E-state index < -0.39 is 11.9 Å². The number of aromatic carboxylic acids is 1. The molecule has 2 aromatic carbocycles. The van der Waals surface area contributed by atoms with E-state index in [1.54, 1.807) is 44.2 Å². The van der Waals surface area contributed by atoms with Crippen molar-refractivity contribution in [3.8, 4) is 11.8 Å². The summed E-state index contributed by atoms with van der Waals surface area (Å²) >= 11 is 6.16. The number of hydrogen-bond acceptors (Lipinski definition) is 5. The molecule has 7 nitrogen and oxygen atoms in total. The summed E-state index contributed by atoms with van der Waals surface area (Å²) in [5.74, 6) is -1.54. The maximum Gasteiger partial charge on any atom is 0.357 e. The van der Waals surface area contributed by atoms with Crippen molar-refractivity contribution in [3.63, 3.8) is 0 Å². The fourth-order valence-corrected chi connectivity index (χ4v) is 3.28. The molecule has 0 fully saturated rings. The molecule has 1 N–H and O–H groups in total. The number of hydrogen-bond donors (Lipinski definition) is 1. The Labute approximate surface area is 178 Å². The number of nitrogens with zero attached hydrogens (tertiary/aromatic N) is 3. The lowest BCUT2D eigenvalue weighted by Gasteiger charge is -2.10. The standard InChI is InChI=1S/C22H18ClN3O4/c1-3-30-22(29)20-18(10-14-4-6-15(7-5-14)21(27)28)13(2)25-26(20)17-9-8-16(12-24)19(23)11-17/h4-9,11H,3,10H2,1-2H3,(H,27,28). The molecule has 0 aliphatic heterocycles. The summed E-state index contributed by atoms with van der Waals surface area (Å²) in [6.07, 6.45) is 0.365. The van der Waals surface area contributed by atoms with Gasteiger partial charge in [-0.1, -0.05) is 23.7 Å². The van der Waals surface area contributed by atoms with E-state index in [0.717, 1.165) is 5.56 Å². The lowest BCUT2D eigenvalue weighted by atomic mass is 10.0. The molecule has 0 bridgehead atoms. The molecule has 0 unspecified atom stereocenters. The largest absolute Gasteiger partial charge is 0.478 e. The Morgan fingerprint density at radius 1 is 1.23 bits per heavy atom. The van der Waals surface area contributed by atoms with E-state index in [0.29, 0.717) is 28.9 Å². The molecule has 0 saturated carbocycles. The molecular formula is C22H18ClN3O4. The second kappa shape index (κ2) is 8.80. The maximum absolute atomic E-state index is 12.8. The van der Waals surface area contributed by atoms with Crippen LogP contribution >= 0.6 is 11.6 Å². The number of carbonyl (C=O) groups excluding carboxylic acids is 1. The average molecular weight is 424 g/mol. The minimum absolute atomic E-state index is 0.184. The van der Waals surface area contributed by atoms with Crippen LogP contribution in [0.4, 0.5) is 0 Å². The molecule has 1 aromatic heterocycles. The van der Waals surface area contributed by atoms with Gasteiger partial charge in [-0.2, -0.15) is 10.4 Å². The average Bonchev–Trinajstić information content (AvgIpc) is 3.04. The molecule has 0 aliphatic carbocycles. The van der Waals surface area contributed by atoms with Crippen LogP contribution in [0.2, 0.25) is 5.02 Å².